The smallest absolute Gasteiger partial charge is 0.272 e. The number of fused-ring (bicyclic) bond motifs is 2. The van der Waals surface area contributed by atoms with Crippen molar-refractivity contribution in [1.29, 1.82) is 0 Å². The molecular formula is C13H18N4O2. The lowest BCUT2D eigenvalue weighted by Crippen LogP contribution is -2.41. The van der Waals surface area contributed by atoms with Crippen LogP contribution in [0.25, 0.3) is 0 Å². The predicted octanol–water partition coefficient (Wildman–Crippen LogP) is 0.958. The molecular weight excluding hydrogens is 244 g/mol. The van der Waals surface area contributed by atoms with Gasteiger partial charge in [-0.05, 0) is 38.3 Å². The third-order valence-corrected chi connectivity index (χ3v) is 3.68. The standard InChI is InChI=1S/C13H18N4O2/c1-2-14-12-6-4-9(16-17-12)13(18)15-10-7-8-3-5-11(10)19-8/h4,6,8,10-11H,2-3,5,7H2,1H3,(H,14,17)(H,15,18). The van der Waals surface area contributed by atoms with Crippen LogP contribution in [-0.2, 0) is 4.74 Å². The average Bonchev–Trinajstić information content (AvgIpc) is 3.02. The summed E-state index contributed by atoms with van der Waals surface area (Å²) in [4.78, 5) is 12.1. The van der Waals surface area contributed by atoms with E-state index in [1.165, 1.54) is 0 Å². The fraction of sp³-hybridized carbons (Fsp3) is 0.615. The number of hydrogen-bond acceptors (Lipinski definition) is 5. The molecule has 3 heterocycles. The van der Waals surface area contributed by atoms with Gasteiger partial charge in [0.2, 0.25) is 0 Å². The average molecular weight is 262 g/mol. The highest BCUT2D eigenvalue weighted by Gasteiger charge is 2.41. The van der Waals surface area contributed by atoms with Crippen molar-refractivity contribution in [3.63, 3.8) is 0 Å². The Bertz CT molecular complexity index is 462. The molecule has 6 nitrogen and oxygen atoms in total. The molecule has 2 aliphatic heterocycles. The van der Waals surface area contributed by atoms with Crippen LogP contribution in [0, 0.1) is 0 Å². The topological polar surface area (TPSA) is 76.1 Å². The van der Waals surface area contributed by atoms with Crippen LogP contribution in [0.2, 0.25) is 0 Å². The van der Waals surface area contributed by atoms with Gasteiger partial charge in [0, 0.05) is 6.54 Å². The summed E-state index contributed by atoms with van der Waals surface area (Å²) >= 11 is 0. The third-order valence-electron chi connectivity index (χ3n) is 3.68. The van der Waals surface area contributed by atoms with Crippen molar-refractivity contribution in [2.45, 2.75) is 44.4 Å². The first-order chi connectivity index (χ1) is 9.26. The van der Waals surface area contributed by atoms with Crippen LogP contribution in [0.4, 0.5) is 5.82 Å². The largest absolute Gasteiger partial charge is 0.373 e. The second-order valence-electron chi connectivity index (χ2n) is 5.02. The highest BCUT2D eigenvalue weighted by Crippen LogP contribution is 2.34. The zero-order valence-corrected chi connectivity index (χ0v) is 10.9. The van der Waals surface area contributed by atoms with Crippen LogP contribution in [0.5, 0.6) is 0 Å². The second kappa shape index (κ2) is 5.13. The summed E-state index contributed by atoms with van der Waals surface area (Å²) < 4.78 is 5.71. The summed E-state index contributed by atoms with van der Waals surface area (Å²) in [6.45, 7) is 2.76. The Morgan fingerprint density at radius 1 is 1.42 bits per heavy atom. The maximum atomic E-state index is 12.1. The van der Waals surface area contributed by atoms with E-state index < -0.39 is 0 Å². The minimum atomic E-state index is -0.170. The number of rotatable bonds is 4. The van der Waals surface area contributed by atoms with Crippen molar-refractivity contribution < 1.29 is 9.53 Å². The van der Waals surface area contributed by atoms with E-state index in [1.54, 1.807) is 12.1 Å². The van der Waals surface area contributed by atoms with Crippen molar-refractivity contribution in [1.82, 2.24) is 15.5 Å². The number of carbonyl (C=O) groups is 1. The molecule has 0 radical (unpaired) electrons. The van der Waals surface area contributed by atoms with Crippen LogP contribution >= 0.6 is 0 Å². The fourth-order valence-corrected chi connectivity index (χ4v) is 2.76. The molecule has 2 fully saturated rings. The van der Waals surface area contributed by atoms with Gasteiger partial charge in [0.05, 0.1) is 18.2 Å². The Balaban J connectivity index is 1.60. The Kier molecular flexibility index (Phi) is 3.33. The summed E-state index contributed by atoms with van der Waals surface area (Å²) in [7, 11) is 0. The highest BCUT2D eigenvalue weighted by molar-refractivity contribution is 5.92. The minimum absolute atomic E-state index is 0.126. The molecule has 2 aliphatic rings. The van der Waals surface area contributed by atoms with Crippen LogP contribution in [-0.4, -0.2) is 40.9 Å². The van der Waals surface area contributed by atoms with Crippen LogP contribution in [0.3, 0.4) is 0 Å². The Hall–Kier alpha value is -1.69. The quantitative estimate of drug-likeness (QED) is 0.845. The Morgan fingerprint density at radius 2 is 2.32 bits per heavy atom. The molecule has 0 spiro atoms. The summed E-state index contributed by atoms with van der Waals surface area (Å²) in [5, 5.41) is 13.9. The highest BCUT2D eigenvalue weighted by atomic mass is 16.5. The predicted molar refractivity (Wildman–Crippen MR) is 70.0 cm³/mol. The van der Waals surface area contributed by atoms with Crippen molar-refractivity contribution in [3.05, 3.63) is 17.8 Å². The molecule has 19 heavy (non-hydrogen) atoms. The molecule has 0 aliphatic carbocycles. The first-order valence-electron chi connectivity index (χ1n) is 6.80. The maximum absolute atomic E-state index is 12.1. The molecule has 2 bridgehead atoms. The van der Waals surface area contributed by atoms with Gasteiger partial charge in [-0.3, -0.25) is 4.79 Å². The number of aromatic nitrogens is 2. The van der Waals surface area contributed by atoms with E-state index in [-0.39, 0.29) is 18.1 Å². The number of hydrogen-bond donors (Lipinski definition) is 2. The number of nitrogens with one attached hydrogen (secondary N) is 2. The van der Waals surface area contributed by atoms with Crippen molar-refractivity contribution >= 4 is 11.7 Å². The summed E-state index contributed by atoms with van der Waals surface area (Å²) in [6, 6.07) is 3.58. The maximum Gasteiger partial charge on any atom is 0.272 e. The summed E-state index contributed by atoms with van der Waals surface area (Å²) in [5.41, 5.74) is 0.351. The van der Waals surface area contributed by atoms with E-state index >= 15 is 0 Å². The van der Waals surface area contributed by atoms with Crippen molar-refractivity contribution in [2.24, 2.45) is 0 Å². The summed E-state index contributed by atoms with van der Waals surface area (Å²) in [5.74, 6) is 0.513. The zero-order chi connectivity index (χ0) is 13.2. The lowest BCUT2D eigenvalue weighted by molar-refractivity contribution is 0.0836. The zero-order valence-electron chi connectivity index (χ0n) is 10.9. The van der Waals surface area contributed by atoms with Gasteiger partial charge in [0.1, 0.15) is 5.82 Å². The van der Waals surface area contributed by atoms with Crippen LogP contribution in [0.15, 0.2) is 12.1 Å². The van der Waals surface area contributed by atoms with Crippen LogP contribution < -0.4 is 10.6 Å². The normalized spacial score (nSPS) is 28.4. The van der Waals surface area contributed by atoms with Gasteiger partial charge in [-0.25, -0.2) is 0 Å². The van der Waals surface area contributed by atoms with Gasteiger partial charge in [-0.15, -0.1) is 10.2 Å². The summed E-state index contributed by atoms with van der Waals surface area (Å²) in [6.07, 6.45) is 3.59. The number of nitrogens with zero attached hydrogens (tertiary/aromatic N) is 2. The number of anilines is 1. The molecule has 6 heteroatoms. The number of ether oxygens (including phenoxy) is 1. The van der Waals surface area contributed by atoms with E-state index in [0.717, 1.165) is 25.8 Å². The molecule has 3 atom stereocenters. The first kappa shape index (κ1) is 12.3. The fourth-order valence-electron chi connectivity index (χ4n) is 2.76. The van der Waals surface area contributed by atoms with Gasteiger partial charge in [-0.2, -0.15) is 0 Å². The molecule has 2 saturated heterocycles. The van der Waals surface area contributed by atoms with Gasteiger partial charge in [-0.1, -0.05) is 0 Å². The minimum Gasteiger partial charge on any atom is -0.373 e. The molecule has 3 unspecified atom stereocenters. The molecule has 1 aromatic rings. The Morgan fingerprint density at radius 3 is 2.89 bits per heavy atom. The lowest BCUT2D eigenvalue weighted by Gasteiger charge is -2.19. The monoisotopic (exact) mass is 262 g/mol. The number of amides is 1. The lowest BCUT2D eigenvalue weighted by atomic mass is 9.95. The molecule has 1 aromatic heterocycles. The second-order valence-corrected chi connectivity index (χ2v) is 5.02. The van der Waals surface area contributed by atoms with Crippen molar-refractivity contribution in [3.8, 4) is 0 Å². The Labute approximate surface area is 111 Å². The SMILES string of the molecule is CCNc1ccc(C(=O)NC2CC3CCC2O3)nn1. The number of carbonyl (C=O) groups excluding carboxylic acids is 1. The van der Waals surface area contributed by atoms with E-state index in [0.29, 0.717) is 17.6 Å². The first-order valence-corrected chi connectivity index (χ1v) is 6.80. The van der Waals surface area contributed by atoms with Gasteiger partial charge < -0.3 is 15.4 Å². The molecule has 102 valence electrons. The van der Waals surface area contributed by atoms with Crippen LogP contribution in [0.1, 0.15) is 36.7 Å². The molecule has 0 saturated carbocycles. The molecule has 2 N–H and O–H groups in total. The van der Waals surface area contributed by atoms with Gasteiger partial charge >= 0.3 is 0 Å². The van der Waals surface area contributed by atoms with Gasteiger partial charge in [0.25, 0.3) is 5.91 Å². The van der Waals surface area contributed by atoms with E-state index in [9.17, 15) is 4.79 Å². The van der Waals surface area contributed by atoms with Gasteiger partial charge in [0.15, 0.2) is 5.69 Å². The van der Waals surface area contributed by atoms with E-state index in [2.05, 4.69) is 20.8 Å². The molecule has 0 aromatic carbocycles. The molecule has 1 amide bonds. The van der Waals surface area contributed by atoms with Crippen molar-refractivity contribution in [2.75, 3.05) is 11.9 Å². The molecule has 3 rings (SSSR count). The van der Waals surface area contributed by atoms with E-state index in [1.807, 2.05) is 6.92 Å². The third kappa shape index (κ3) is 2.53. The van der Waals surface area contributed by atoms with E-state index in [4.69, 9.17) is 4.74 Å².